The van der Waals surface area contributed by atoms with E-state index >= 15 is 0 Å². The van der Waals surface area contributed by atoms with Crippen molar-refractivity contribution in [3.8, 4) is 0 Å². The Balaban J connectivity index is 1.67. The smallest absolute Gasteiger partial charge is 0.158 e. The Hall–Kier alpha value is -2.63. The van der Waals surface area contributed by atoms with Crippen molar-refractivity contribution in [3.05, 3.63) is 70.9 Å². The van der Waals surface area contributed by atoms with E-state index in [4.69, 9.17) is 11.6 Å². The van der Waals surface area contributed by atoms with Crippen molar-refractivity contribution < 1.29 is 5.11 Å². The summed E-state index contributed by atoms with van der Waals surface area (Å²) < 4.78 is 1.84. The Kier molecular flexibility index (Phi) is 4.03. The molecule has 6 heteroatoms. The number of benzene rings is 2. The lowest BCUT2D eigenvalue weighted by Crippen LogP contribution is -2.13. The maximum atomic E-state index is 10.4. The van der Waals surface area contributed by atoms with E-state index in [1.807, 2.05) is 53.9 Å². The fourth-order valence-electron chi connectivity index (χ4n) is 2.91. The second-order valence-corrected chi connectivity index (χ2v) is 6.42. The molecule has 0 saturated carbocycles. The van der Waals surface area contributed by atoms with Gasteiger partial charge in [0.05, 0.1) is 17.3 Å². The van der Waals surface area contributed by atoms with Gasteiger partial charge in [0.1, 0.15) is 5.82 Å². The van der Waals surface area contributed by atoms with Crippen LogP contribution in [0.3, 0.4) is 0 Å². The lowest BCUT2D eigenvalue weighted by molar-refractivity contribution is 0.191. The summed E-state index contributed by atoms with van der Waals surface area (Å²) >= 11 is 5.90. The van der Waals surface area contributed by atoms with Gasteiger partial charge in [0.2, 0.25) is 0 Å². The van der Waals surface area contributed by atoms with E-state index in [1.54, 1.807) is 12.1 Å². The number of halogens is 1. The summed E-state index contributed by atoms with van der Waals surface area (Å²) in [5.74, 6) is 0.732. The summed E-state index contributed by atoms with van der Waals surface area (Å²) in [6.45, 7) is 2.29. The van der Waals surface area contributed by atoms with Crippen molar-refractivity contribution in [2.24, 2.45) is 0 Å². The van der Waals surface area contributed by atoms with Gasteiger partial charge >= 0.3 is 0 Å². The van der Waals surface area contributed by atoms with Gasteiger partial charge in [-0.15, -0.1) is 0 Å². The van der Waals surface area contributed by atoms with Crippen LogP contribution in [0.15, 0.2) is 54.6 Å². The molecule has 0 aliphatic rings. The van der Waals surface area contributed by atoms with Gasteiger partial charge in [-0.1, -0.05) is 35.9 Å². The largest absolute Gasteiger partial charge is 0.387 e. The molecule has 2 heterocycles. The molecule has 0 aliphatic heterocycles. The number of aliphatic hydroxyl groups is 1. The third-order valence-electron chi connectivity index (χ3n) is 4.14. The van der Waals surface area contributed by atoms with Crippen LogP contribution < -0.4 is 5.32 Å². The maximum absolute atomic E-state index is 10.4. The molecule has 0 unspecified atom stereocenters. The number of aromatic nitrogens is 3. The lowest BCUT2D eigenvalue weighted by atomic mass is 10.1. The molecule has 0 fully saturated rings. The number of nitrogens with zero attached hydrogens (tertiary/aromatic N) is 3. The number of fused-ring (bicyclic) bond motifs is 3. The summed E-state index contributed by atoms with van der Waals surface area (Å²) in [6.07, 6.45) is -0.652. The molecule has 2 N–H and O–H groups in total. The highest BCUT2D eigenvalue weighted by molar-refractivity contribution is 6.30. The van der Waals surface area contributed by atoms with Crippen molar-refractivity contribution in [2.75, 3.05) is 11.9 Å². The summed E-state index contributed by atoms with van der Waals surface area (Å²) in [5.41, 5.74) is 3.47. The van der Waals surface area contributed by atoms with Gasteiger partial charge < -0.3 is 10.4 Å². The summed E-state index contributed by atoms with van der Waals surface area (Å²) in [4.78, 5) is 4.66. The second-order valence-electron chi connectivity index (χ2n) is 5.98. The van der Waals surface area contributed by atoms with E-state index in [1.165, 1.54) is 0 Å². The number of nitrogens with one attached hydrogen (secondary N) is 1. The van der Waals surface area contributed by atoms with Gasteiger partial charge in [-0.3, -0.25) is 0 Å². The minimum atomic E-state index is -0.652. The van der Waals surface area contributed by atoms with E-state index < -0.39 is 6.10 Å². The van der Waals surface area contributed by atoms with E-state index in [0.717, 1.165) is 33.6 Å². The molecule has 0 amide bonds. The molecule has 0 aliphatic carbocycles. The lowest BCUT2D eigenvalue weighted by Gasteiger charge is -2.14. The first-order valence-electron chi connectivity index (χ1n) is 8.04. The maximum Gasteiger partial charge on any atom is 0.158 e. The highest BCUT2D eigenvalue weighted by atomic mass is 35.5. The highest BCUT2D eigenvalue weighted by Crippen LogP contribution is 2.24. The van der Waals surface area contributed by atoms with Crippen molar-refractivity contribution in [1.82, 2.24) is 14.6 Å². The molecule has 0 bridgehead atoms. The number of anilines is 1. The Morgan fingerprint density at radius 1 is 1.16 bits per heavy atom. The SMILES string of the molecule is Cc1cc2nc(NC[C@H](O)c3ccc(Cl)cc3)c3ccccc3n2n1. The number of aliphatic hydroxyl groups excluding tert-OH is 1. The normalized spacial score (nSPS) is 12.6. The first kappa shape index (κ1) is 15.9. The predicted octanol–water partition coefficient (Wildman–Crippen LogP) is 3.99. The van der Waals surface area contributed by atoms with Crippen molar-refractivity contribution in [1.29, 1.82) is 0 Å². The predicted molar refractivity (Wildman–Crippen MR) is 100 cm³/mol. The van der Waals surface area contributed by atoms with Crippen LogP contribution in [0.2, 0.25) is 5.02 Å². The van der Waals surface area contributed by atoms with Crippen molar-refractivity contribution >= 4 is 34.0 Å². The average Bonchev–Trinajstić information content (AvgIpc) is 3.00. The average molecular weight is 353 g/mol. The van der Waals surface area contributed by atoms with E-state index in [9.17, 15) is 5.11 Å². The van der Waals surface area contributed by atoms with Crippen molar-refractivity contribution in [3.63, 3.8) is 0 Å². The van der Waals surface area contributed by atoms with Crippen LogP contribution in [0.4, 0.5) is 5.82 Å². The third-order valence-corrected chi connectivity index (χ3v) is 4.40. The first-order chi connectivity index (χ1) is 12.1. The zero-order valence-electron chi connectivity index (χ0n) is 13.6. The molecule has 4 rings (SSSR count). The molecular formula is C19H17ClN4O. The van der Waals surface area contributed by atoms with Gasteiger partial charge in [0, 0.05) is 23.0 Å². The fraction of sp³-hybridized carbons (Fsp3) is 0.158. The van der Waals surface area contributed by atoms with Crippen LogP contribution in [0.25, 0.3) is 16.6 Å². The van der Waals surface area contributed by atoms with Crippen LogP contribution in [0.1, 0.15) is 17.4 Å². The molecule has 2 aromatic carbocycles. The molecule has 0 spiro atoms. The van der Waals surface area contributed by atoms with Crippen molar-refractivity contribution in [2.45, 2.75) is 13.0 Å². The summed E-state index contributed by atoms with van der Waals surface area (Å²) in [6, 6.07) is 17.1. The van der Waals surface area contributed by atoms with Crippen LogP contribution in [0, 0.1) is 6.92 Å². The minimum absolute atomic E-state index is 0.349. The molecular weight excluding hydrogens is 336 g/mol. The number of para-hydroxylation sites is 1. The molecule has 126 valence electrons. The monoisotopic (exact) mass is 352 g/mol. The van der Waals surface area contributed by atoms with Gasteiger partial charge in [0.15, 0.2) is 5.65 Å². The standard InChI is InChI=1S/C19H17ClN4O/c1-12-10-18-22-19(15-4-2-3-5-16(15)24(18)23-12)21-11-17(25)13-6-8-14(20)9-7-13/h2-10,17,25H,11H2,1H3,(H,21,22)/t17-/m0/s1. The molecule has 0 radical (unpaired) electrons. The number of rotatable bonds is 4. The molecule has 0 saturated heterocycles. The Morgan fingerprint density at radius 3 is 2.72 bits per heavy atom. The Morgan fingerprint density at radius 2 is 1.92 bits per heavy atom. The number of aryl methyl sites for hydroxylation is 1. The zero-order chi connectivity index (χ0) is 17.4. The third kappa shape index (κ3) is 3.04. The van der Waals surface area contributed by atoms with Gasteiger partial charge in [-0.05, 0) is 36.8 Å². The molecule has 25 heavy (non-hydrogen) atoms. The van der Waals surface area contributed by atoms with Gasteiger partial charge in [-0.25, -0.2) is 9.50 Å². The first-order valence-corrected chi connectivity index (χ1v) is 8.42. The van der Waals surface area contributed by atoms with Crippen LogP contribution in [-0.4, -0.2) is 26.2 Å². The minimum Gasteiger partial charge on any atom is -0.387 e. The molecule has 2 aromatic heterocycles. The van der Waals surface area contributed by atoms with Gasteiger partial charge in [0.25, 0.3) is 0 Å². The molecule has 1 atom stereocenters. The highest BCUT2D eigenvalue weighted by Gasteiger charge is 2.12. The van der Waals surface area contributed by atoms with Crippen LogP contribution in [-0.2, 0) is 0 Å². The van der Waals surface area contributed by atoms with E-state index in [-0.39, 0.29) is 0 Å². The van der Waals surface area contributed by atoms with Crippen LogP contribution in [0.5, 0.6) is 0 Å². The number of hydrogen-bond acceptors (Lipinski definition) is 4. The van der Waals surface area contributed by atoms with E-state index in [0.29, 0.717) is 11.6 Å². The van der Waals surface area contributed by atoms with Crippen LogP contribution >= 0.6 is 11.6 Å². The molecule has 5 nitrogen and oxygen atoms in total. The summed E-state index contributed by atoms with van der Waals surface area (Å²) in [5, 5.41) is 19.8. The Labute approximate surface area is 149 Å². The van der Waals surface area contributed by atoms with E-state index in [2.05, 4.69) is 15.4 Å². The second kappa shape index (κ2) is 6.35. The quantitative estimate of drug-likeness (QED) is 0.583. The topological polar surface area (TPSA) is 62.5 Å². The Bertz CT molecular complexity index is 1040. The molecule has 4 aromatic rings. The zero-order valence-corrected chi connectivity index (χ0v) is 14.4. The van der Waals surface area contributed by atoms with Gasteiger partial charge in [-0.2, -0.15) is 5.10 Å². The fourth-order valence-corrected chi connectivity index (χ4v) is 3.03. The number of hydrogen-bond donors (Lipinski definition) is 2. The summed E-state index contributed by atoms with van der Waals surface area (Å²) in [7, 11) is 0.